The molecule has 176 valence electrons. The van der Waals surface area contributed by atoms with E-state index in [0.29, 0.717) is 40.5 Å². The van der Waals surface area contributed by atoms with Crippen molar-refractivity contribution in [3.63, 3.8) is 0 Å². The van der Waals surface area contributed by atoms with Crippen LogP contribution in [-0.2, 0) is 6.54 Å². The van der Waals surface area contributed by atoms with Gasteiger partial charge in [0.05, 0.1) is 55.8 Å². The van der Waals surface area contributed by atoms with Crippen molar-refractivity contribution in [1.29, 1.82) is 5.26 Å². The van der Waals surface area contributed by atoms with E-state index in [1.807, 2.05) is 24.5 Å². The average Bonchev–Trinajstić information content (AvgIpc) is 3.34. The van der Waals surface area contributed by atoms with Crippen molar-refractivity contribution in [2.24, 2.45) is 0 Å². The summed E-state index contributed by atoms with van der Waals surface area (Å²) in [6.45, 7) is 2.72. The largest absolute Gasteiger partial charge is 0.495 e. The van der Waals surface area contributed by atoms with Gasteiger partial charge in [0.1, 0.15) is 17.6 Å². The summed E-state index contributed by atoms with van der Waals surface area (Å²) >= 11 is 0. The van der Waals surface area contributed by atoms with Crippen molar-refractivity contribution in [2.75, 3.05) is 32.2 Å². The Morgan fingerprint density at radius 1 is 1.03 bits per heavy atom. The Bertz CT molecular complexity index is 1400. The minimum absolute atomic E-state index is 0.483. The third kappa shape index (κ3) is 3.70. The quantitative estimate of drug-likeness (QED) is 0.422. The minimum atomic E-state index is 0.483. The van der Waals surface area contributed by atoms with Gasteiger partial charge < -0.3 is 14.4 Å². The van der Waals surface area contributed by atoms with Gasteiger partial charge in [0.15, 0.2) is 0 Å². The van der Waals surface area contributed by atoms with Gasteiger partial charge >= 0.3 is 0 Å². The summed E-state index contributed by atoms with van der Waals surface area (Å²) in [7, 11) is 3.23. The molecular weight excluding hydrogens is 444 g/mol. The van der Waals surface area contributed by atoms with Crippen molar-refractivity contribution in [2.45, 2.75) is 25.0 Å². The van der Waals surface area contributed by atoms with E-state index in [0.717, 1.165) is 31.0 Å². The van der Waals surface area contributed by atoms with E-state index >= 15 is 0 Å². The van der Waals surface area contributed by atoms with Gasteiger partial charge in [0.2, 0.25) is 5.88 Å². The SMILES string of the molecule is COc1cc(-c2cnc(N3CC4CC(C3)N4Cc3ccc(OC)nc3)cn2)c2c(C#N)cnn2c1. The second kappa shape index (κ2) is 8.52. The van der Waals surface area contributed by atoms with Crippen molar-refractivity contribution in [3.05, 3.63) is 60.3 Å². The molecule has 3 saturated heterocycles. The summed E-state index contributed by atoms with van der Waals surface area (Å²) < 4.78 is 12.2. The molecule has 2 atom stereocenters. The maximum atomic E-state index is 9.51. The van der Waals surface area contributed by atoms with Crippen LogP contribution in [-0.4, -0.2) is 68.9 Å². The Balaban J connectivity index is 1.19. The number of methoxy groups -OCH3 is 2. The van der Waals surface area contributed by atoms with Crippen LogP contribution in [0.25, 0.3) is 16.8 Å². The third-order valence-corrected chi connectivity index (χ3v) is 6.90. The van der Waals surface area contributed by atoms with Crippen LogP contribution < -0.4 is 14.4 Å². The molecule has 3 aliphatic rings. The Kier molecular flexibility index (Phi) is 5.19. The van der Waals surface area contributed by atoms with E-state index in [1.54, 1.807) is 37.3 Å². The van der Waals surface area contributed by atoms with Crippen LogP contribution in [0, 0.1) is 11.3 Å². The van der Waals surface area contributed by atoms with Gasteiger partial charge in [-0.05, 0) is 18.1 Å². The Labute approximate surface area is 202 Å². The molecule has 3 aliphatic heterocycles. The average molecular weight is 469 g/mol. The molecule has 0 radical (unpaired) electrons. The van der Waals surface area contributed by atoms with Crippen LogP contribution >= 0.6 is 0 Å². The Morgan fingerprint density at radius 2 is 1.89 bits per heavy atom. The molecule has 35 heavy (non-hydrogen) atoms. The summed E-state index contributed by atoms with van der Waals surface area (Å²) in [6.07, 6.45) is 9.97. The van der Waals surface area contributed by atoms with E-state index < -0.39 is 0 Å². The highest BCUT2D eigenvalue weighted by atomic mass is 16.5. The number of nitrogens with zero attached hydrogens (tertiary/aromatic N) is 8. The molecular formula is C25H24N8O2. The third-order valence-electron chi connectivity index (χ3n) is 6.90. The number of fused-ring (bicyclic) bond motifs is 3. The number of nitriles is 1. The lowest BCUT2D eigenvalue weighted by Gasteiger charge is -2.56. The normalized spacial score (nSPS) is 19.3. The van der Waals surface area contributed by atoms with Crippen LogP contribution in [0.4, 0.5) is 5.82 Å². The summed E-state index contributed by atoms with van der Waals surface area (Å²) in [4.78, 5) is 18.6. The molecule has 3 fully saturated rings. The number of hydrogen-bond donors (Lipinski definition) is 0. The van der Waals surface area contributed by atoms with E-state index in [4.69, 9.17) is 19.4 Å². The van der Waals surface area contributed by atoms with Gasteiger partial charge in [-0.15, -0.1) is 0 Å². The molecule has 4 aromatic heterocycles. The lowest BCUT2D eigenvalue weighted by Crippen LogP contribution is -2.68. The van der Waals surface area contributed by atoms with Crippen molar-refractivity contribution >= 4 is 11.3 Å². The molecule has 0 saturated carbocycles. The second-order valence-corrected chi connectivity index (χ2v) is 8.85. The highest BCUT2D eigenvalue weighted by Gasteiger charge is 2.44. The van der Waals surface area contributed by atoms with E-state index in [2.05, 4.69) is 32.0 Å². The van der Waals surface area contributed by atoms with Crippen LogP contribution in [0.5, 0.6) is 11.6 Å². The van der Waals surface area contributed by atoms with Gasteiger partial charge in [0, 0.05) is 49.5 Å². The van der Waals surface area contributed by atoms with Gasteiger partial charge in [-0.25, -0.2) is 14.5 Å². The standard InChI is InChI=1S/C25H24N8O2/c1-34-20-6-21(25-17(7-26)9-30-33(25)15-20)22-10-28-23(11-27-22)31-13-18-5-19(14-31)32(18)12-16-3-4-24(35-2)29-8-16/h3-4,6,8-11,15,18-19H,5,12-14H2,1-2H3. The summed E-state index contributed by atoms with van der Waals surface area (Å²) in [6, 6.07) is 9.03. The molecule has 0 N–H and O–H groups in total. The molecule has 2 bridgehead atoms. The van der Waals surface area contributed by atoms with Crippen LogP contribution in [0.3, 0.4) is 0 Å². The van der Waals surface area contributed by atoms with Gasteiger partial charge in [0.25, 0.3) is 0 Å². The first-order valence-corrected chi connectivity index (χ1v) is 11.4. The minimum Gasteiger partial charge on any atom is -0.495 e. The molecule has 10 heteroatoms. The first-order valence-electron chi connectivity index (χ1n) is 11.4. The lowest BCUT2D eigenvalue weighted by atomic mass is 9.87. The zero-order valence-corrected chi connectivity index (χ0v) is 19.5. The monoisotopic (exact) mass is 468 g/mol. The van der Waals surface area contributed by atoms with Gasteiger partial charge in [-0.3, -0.25) is 9.88 Å². The zero-order chi connectivity index (χ0) is 23.9. The summed E-state index contributed by atoms with van der Waals surface area (Å²) in [5.41, 5.74) is 3.80. The fourth-order valence-electron chi connectivity index (χ4n) is 5.08. The number of aromatic nitrogens is 5. The number of rotatable bonds is 6. The predicted octanol–water partition coefficient (Wildman–Crippen LogP) is 2.54. The smallest absolute Gasteiger partial charge is 0.212 e. The number of anilines is 1. The van der Waals surface area contributed by atoms with Crippen LogP contribution in [0.2, 0.25) is 0 Å². The molecule has 2 unspecified atom stereocenters. The molecule has 0 spiro atoms. The molecule has 0 amide bonds. The Morgan fingerprint density at radius 3 is 2.54 bits per heavy atom. The van der Waals surface area contributed by atoms with Crippen LogP contribution in [0.1, 0.15) is 17.5 Å². The number of ether oxygens (including phenoxy) is 2. The number of hydrogen-bond acceptors (Lipinski definition) is 9. The maximum absolute atomic E-state index is 9.51. The fraction of sp³-hybridized carbons (Fsp3) is 0.320. The highest BCUT2D eigenvalue weighted by Crippen LogP contribution is 2.36. The van der Waals surface area contributed by atoms with E-state index in [-0.39, 0.29) is 0 Å². The number of piperazine rings is 1. The second-order valence-electron chi connectivity index (χ2n) is 8.85. The fourth-order valence-corrected chi connectivity index (χ4v) is 5.08. The predicted molar refractivity (Wildman–Crippen MR) is 128 cm³/mol. The van der Waals surface area contributed by atoms with Gasteiger partial charge in [-0.2, -0.15) is 10.4 Å². The maximum Gasteiger partial charge on any atom is 0.212 e. The molecule has 7 rings (SSSR count). The van der Waals surface area contributed by atoms with E-state index in [1.165, 1.54) is 12.0 Å². The molecule has 4 aromatic rings. The number of pyridine rings is 2. The van der Waals surface area contributed by atoms with Crippen molar-refractivity contribution in [1.82, 2.24) is 29.5 Å². The van der Waals surface area contributed by atoms with Crippen molar-refractivity contribution in [3.8, 4) is 29.0 Å². The van der Waals surface area contributed by atoms with E-state index in [9.17, 15) is 5.26 Å². The van der Waals surface area contributed by atoms with Gasteiger partial charge in [-0.1, -0.05) is 6.07 Å². The first kappa shape index (κ1) is 21.3. The highest BCUT2D eigenvalue weighted by molar-refractivity contribution is 5.83. The van der Waals surface area contributed by atoms with Crippen LogP contribution in [0.15, 0.2) is 49.2 Å². The number of piperidine rings is 1. The molecule has 0 aromatic carbocycles. The molecule has 7 heterocycles. The summed E-state index contributed by atoms with van der Waals surface area (Å²) in [5.74, 6) is 2.13. The summed E-state index contributed by atoms with van der Waals surface area (Å²) in [5, 5.41) is 13.8. The lowest BCUT2D eigenvalue weighted by molar-refractivity contribution is -0.00879. The molecule has 10 nitrogen and oxygen atoms in total. The Hall–Kier alpha value is -4.23. The zero-order valence-electron chi connectivity index (χ0n) is 19.5. The van der Waals surface area contributed by atoms with Crippen molar-refractivity contribution < 1.29 is 9.47 Å². The first-order chi connectivity index (χ1) is 17.2. The molecule has 0 aliphatic carbocycles. The topological polar surface area (TPSA) is 105 Å².